The highest BCUT2D eigenvalue weighted by atomic mass is 19.1. The third-order valence-corrected chi connectivity index (χ3v) is 4.42. The monoisotopic (exact) mass is 343 g/mol. The first-order valence-corrected chi connectivity index (χ1v) is 8.51. The van der Waals surface area contributed by atoms with Gasteiger partial charge in [0, 0.05) is 6.54 Å². The summed E-state index contributed by atoms with van der Waals surface area (Å²) < 4.78 is 18.9. The molecular weight excluding hydrogens is 321 g/mol. The molecule has 132 valence electrons. The highest BCUT2D eigenvalue weighted by Gasteiger charge is 2.35. The average molecular weight is 343 g/mol. The molecule has 1 N–H and O–H groups in total. The van der Waals surface area contributed by atoms with E-state index < -0.39 is 6.10 Å². The Hall–Kier alpha value is -2.40. The summed E-state index contributed by atoms with van der Waals surface area (Å²) in [6.45, 7) is 2.79. The van der Waals surface area contributed by atoms with Gasteiger partial charge in [-0.05, 0) is 48.7 Å². The van der Waals surface area contributed by atoms with Gasteiger partial charge in [-0.2, -0.15) is 0 Å². The molecule has 1 amide bonds. The van der Waals surface area contributed by atoms with Crippen molar-refractivity contribution < 1.29 is 19.0 Å². The van der Waals surface area contributed by atoms with Gasteiger partial charge in [0.1, 0.15) is 11.6 Å². The molecule has 3 rings (SSSR count). The summed E-state index contributed by atoms with van der Waals surface area (Å²) in [6, 6.07) is 13.4. The third-order valence-electron chi connectivity index (χ3n) is 4.42. The first-order valence-electron chi connectivity index (χ1n) is 8.51. The Kier molecular flexibility index (Phi) is 5.34. The van der Waals surface area contributed by atoms with Crippen LogP contribution in [0.15, 0.2) is 48.5 Å². The van der Waals surface area contributed by atoms with Crippen LogP contribution in [-0.2, 0) is 11.2 Å². The fraction of sp³-hybridized carbons (Fsp3) is 0.350. The van der Waals surface area contributed by atoms with Crippen molar-refractivity contribution in [3.8, 4) is 5.75 Å². The number of carbonyl (C=O) groups is 1. The normalized spacial score (nSPS) is 19.9. The second kappa shape index (κ2) is 7.66. The number of benzene rings is 2. The van der Waals surface area contributed by atoms with Gasteiger partial charge in [0.2, 0.25) is 5.91 Å². The van der Waals surface area contributed by atoms with Gasteiger partial charge in [-0.3, -0.25) is 4.79 Å². The lowest BCUT2D eigenvalue weighted by atomic mass is 10.0. The van der Waals surface area contributed by atoms with Crippen LogP contribution in [0.4, 0.5) is 4.39 Å². The summed E-state index contributed by atoms with van der Waals surface area (Å²) >= 11 is 0. The Morgan fingerprint density at radius 2 is 2.04 bits per heavy atom. The molecule has 25 heavy (non-hydrogen) atoms. The first kappa shape index (κ1) is 17.4. The number of likely N-dealkylation sites (tertiary alicyclic amines) is 1. The van der Waals surface area contributed by atoms with E-state index in [0.29, 0.717) is 13.0 Å². The van der Waals surface area contributed by atoms with Crippen molar-refractivity contribution in [1.82, 2.24) is 4.90 Å². The summed E-state index contributed by atoms with van der Waals surface area (Å²) in [7, 11) is 0. The van der Waals surface area contributed by atoms with Crippen LogP contribution in [0.3, 0.4) is 0 Å². The highest BCUT2D eigenvalue weighted by Crippen LogP contribution is 2.33. The van der Waals surface area contributed by atoms with Crippen LogP contribution in [0.1, 0.15) is 30.5 Å². The van der Waals surface area contributed by atoms with Crippen molar-refractivity contribution in [3.63, 3.8) is 0 Å². The Morgan fingerprint density at radius 1 is 1.28 bits per heavy atom. The summed E-state index contributed by atoms with van der Waals surface area (Å²) in [5.74, 6) is 0.362. The van der Waals surface area contributed by atoms with E-state index in [0.717, 1.165) is 16.9 Å². The van der Waals surface area contributed by atoms with Crippen LogP contribution < -0.4 is 4.74 Å². The number of carbonyl (C=O) groups excluding carboxylic acids is 1. The molecule has 1 fully saturated rings. The summed E-state index contributed by atoms with van der Waals surface area (Å²) in [4.78, 5) is 14.4. The minimum absolute atomic E-state index is 0.0741. The highest BCUT2D eigenvalue weighted by molar-refractivity contribution is 5.79. The Morgan fingerprint density at radius 3 is 2.72 bits per heavy atom. The van der Waals surface area contributed by atoms with Gasteiger partial charge in [0.25, 0.3) is 0 Å². The molecule has 0 spiro atoms. The maximum atomic E-state index is 13.5. The van der Waals surface area contributed by atoms with E-state index in [9.17, 15) is 14.3 Å². The molecule has 1 heterocycles. The van der Waals surface area contributed by atoms with Crippen molar-refractivity contribution in [2.24, 2.45) is 0 Å². The van der Waals surface area contributed by atoms with Crippen LogP contribution in [0.25, 0.3) is 0 Å². The van der Waals surface area contributed by atoms with Gasteiger partial charge in [0.15, 0.2) is 0 Å². The van der Waals surface area contributed by atoms with Crippen molar-refractivity contribution in [1.29, 1.82) is 0 Å². The minimum Gasteiger partial charge on any atom is -0.494 e. The summed E-state index contributed by atoms with van der Waals surface area (Å²) in [5.41, 5.74) is 1.60. The van der Waals surface area contributed by atoms with Crippen molar-refractivity contribution in [2.45, 2.75) is 31.9 Å². The van der Waals surface area contributed by atoms with Crippen LogP contribution in [0.5, 0.6) is 5.75 Å². The van der Waals surface area contributed by atoms with Crippen molar-refractivity contribution >= 4 is 5.91 Å². The molecule has 0 bridgehead atoms. The molecular formula is C20H22FNO3. The van der Waals surface area contributed by atoms with Crippen molar-refractivity contribution in [2.75, 3.05) is 13.2 Å². The van der Waals surface area contributed by atoms with Crippen LogP contribution in [0, 0.1) is 5.82 Å². The Bertz CT molecular complexity index is 732. The minimum atomic E-state index is -0.586. The number of aliphatic hydroxyl groups is 1. The van der Waals surface area contributed by atoms with Gasteiger partial charge in [-0.1, -0.05) is 24.3 Å². The average Bonchev–Trinajstić information content (AvgIpc) is 2.99. The Labute approximate surface area is 146 Å². The number of nitrogens with zero attached hydrogens (tertiary/aromatic N) is 1. The molecule has 4 nitrogen and oxygen atoms in total. The molecule has 1 aliphatic rings. The molecule has 0 aromatic heterocycles. The van der Waals surface area contributed by atoms with Crippen LogP contribution in [-0.4, -0.2) is 35.2 Å². The number of hydrogen-bond donors (Lipinski definition) is 1. The number of rotatable bonds is 5. The fourth-order valence-corrected chi connectivity index (χ4v) is 3.27. The summed E-state index contributed by atoms with van der Waals surface area (Å²) in [6.07, 6.45) is 0.0844. The lowest BCUT2D eigenvalue weighted by Crippen LogP contribution is -2.33. The van der Waals surface area contributed by atoms with E-state index in [-0.39, 0.29) is 30.7 Å². The predicted molar refractivity (Wildman–Crippen MR) is 92.8 cm³/mol. The topological polar surface area (TPSA) is 49.8 Å². The molecule has 1 saturated heterocycles. The van der Waals surface area contributed by atoms with Gasteiger partial charge < -0.3 is 14.7 Å². The molecule has 2 atom stereocenters. The molecule has 0 radical (unpaired) electrons. The van der Waals surface area contributed by atoms with E-state index in [1.165, 1.54) is 12.1 Å². The summed E-state index contributed by atoms with van der Waals surface area (Å²) in [5, 5.41) is 10.0. The SMILES string of the molecule is CCOc1ccc(CC(=O)N2C[C@H](O)C[C@@H]2c2cccc(F)c2)cc1. The maximum Gasteiger partial charge on any atom is 0.227 e. The quantitative estimate of drug-likeness (QED) is 0.908. The van der Waals surface area contributed by atoms with Gasteiger partial charge in [0.05, 0.1) is 25.2 Å². The van der Waals surface area contributed by atoms with E-state index in [4.69, 9.17) is 4.74 Å². The molecule has 0 saturated carbocycles. The Balaban J connectivity index is 1.73. The zero-order valence-electron chi connectivity index (χ0n) is 14.2. The zero-order valence-corrected chi connectivity index (χ0v) is 14.2. The predicted octanol–water partition coefficient (Wildman–Crippen LogP) is 3.10. The lowest BCUT2D eigenvalue weighted by molar-refractivity contribution is -0.131. The smallest absolute Gasteiger partial charge is 0.227 e. The van der Waals surface area contributed by atoms with Gasteiger partial charge >= 0.3 is 0 Å². The zero-order chi connectivity index (χ0) is 17.8. The van der Waals surface area contributed by atoms with E-state index >= 15 is 0 Å². The largest absolute Gasteiger partial charge is 0.494 e. The standard InChI is InChI=1S/C20H22FNO3/c1-2-25-18-8-6-14(7-9-18)10-20(24)22-13-17(23)12-19(22)15-4-3-5-16(21)11-15/h3-9,11,17,19,23H,2,10,12-13H2,1H3/t17-,19-/m1/s1. The van der Waals surface area contributed by atoms with E-state index in [1.54, 1.807) is 17.0 Å². The molecule has 0 unspecified atom stereocenters. The van der Waals surface area contributed by atoms with Crippen LogP contribution >= 0.6 is 0 Å². The second-order valence-corrected chi connectivity index (χ2v) is 6.26. The number of hydrogen-bond acceptors (Lipinski definition) is 3. The number of ether oxygens (including phenoxy) is 1. The third kappa shape index (κ3) is 4.17. The number of halogens is 1. The van der Waals surface area contributed by atoms with Crippen molar-refractivity contribution in [3.05, 3.63) is 65.5 Å². The fourth-order valence-electron chi connectivity index (χ4n) is 3.27. The molecule has 2 aromatic carbocycles. The molecule has 2 aromatic rings. The first-order chi connectivity index (χ1) is 12.1. The number of β-amino-alcohol motifs (C(OH)–C–C–N with tert-alkyl or cyclic N) is 1. The maximum absolute atomic E-state index is 13.5. The van der Waals surface area contributed by atoms with E-state index in [2.05, 4.69) is 0 Å². The second-order valence-electron chi connectivity index (χ2n) is 6.26. The molecule has 0 aliphatic carbocycles. The van der Waals surface area contributed by atoms with Gasteiger partial charge in [-0.25, -0.2) is 4.39 Å². The van der Waals surface area contributed by atoms with Gasteiger partial charge in [-0.15, -0.1) is 0 Å². The number of aliphatic hydroxyl groups excluding tert-OH is 1. The molecule has 1 aliphatic heterocycles. The number of amides is 1. The van der Waals surface area contributed by atoms with Crippen LogP contribution in [0.2, 0.25) is 0 Å². The lowest BCUT2D eigenvalue weighted by Gasteiger charge is -2.25. The molecule has 5 heteroatoms. The van der Waals surface area contributed by atoms with E-state index in [1.807, 2.05) is 31.2 Å².